The lowest BCUT2D eigenvalue weighted by molar-refractivity contribution is 0.178. The van der Waals surface area contributed by atoms with E-state index < -0.39 is 17.7 Å². The molecular formula is C14H10Cl2F2O. The van der Waals surface area contributed by atoms with Crippen molar-refractivity contribution in [3.05, 3.63) is 69.2 Å². The Hall–Kier alpha value is -1.16. The summed E-state index contributed by atoms with van der Waals surface area (Å²) in [6, 6.07) is 8.35. The van der Waals surface area contributed by atoms with Gasteiger partial charge in [-0.1, -0.05) is 41.4 Å². The summed E-state index contributed by atoms with van der Waals surface area (Å²) in [7, 11) is 0. The maximum Gasteiger partial charge on any atom is 0.159 e. The van der Waals surface area contributed by atoms with Gasteiger partial charge in [0.05, 0.1) is 16.1 Å². The largest absolute Gasteiger partial charge is 0.388 e. The summed E-state index contributed by atoms with van der Waals surface area (Å²) in [4.78, 5) is 0. The maximum atomic E-state index is 13.1. The Balaban J connectivity index is 2.23. The van der Waals surface area contributed by atoms with Gasteiger partial charge in [-0.3, -0.25) is 0 Å². The summed E-state index contributed by atoms with van der Waals surface area (Å²) in [5.74, 6) is -1.94. The monoisotopic (exact) mass is 302 g/mol. The third-order valence-corrected chi connectivity index (χ3v) is 3.63. The molecular weight excluding hydrogens is 293 g/mol. The van der Waals surface area contributed by atoms with Gasteiger partial charge in [0.1, 0.15) is 0 Å². The van der Waals surface area contributed by atoms with E-state index in [1.807, 2.05) is 0 Å². The Bertz CT molecular complexity index is 602. The molecule has 1 unspecified atom stereocenters. The molecule has 0 radical (unpaired) electrons. The summed E-state index contributed by atoms with van der Waals surface area (Å²) in [5, 5.41) is 10.8. The quantitative estimate of drug-likeness (QED) is 0.882. The van der Waals surface area contributed by atoms with Crippen LogP contribution < -0.4 is 0 Å². The maximum absolute atomic E-state index is 13.1. The average Bonchev–Trinajstić information content (AvgIpc) is 2.38. The van der Waals surface area contributed by atoms with Gasteiger partial charge in [-0.2, -0.15) is 0 Å². The molecule has 1 nitrogen and oxygen atoms in total. The molecule has 0 spiro atoms. The van der Waals surface area contributed by atoms with Crippen molar-refractivity contribution in [1.29, 1.82) is 0 Å². The number of hydrogen-bond acceptors (Lipinski definition) is 1. The van der Waals surface area contributed by atoms with Crippen LogP contribution in [-0.4, -0.2) is 5.11 Å². The molecule has 19 heavy (non-hydrogen) atoms. The first-order valence-electron chi connectivity index (χ1n) is 5.55. The Morgan fingerprint density at radius 2 is 1.79 bits per heavy atom. The highest BCUT2D eigenvalue weighted by Gasteiger charge is 2.14. The summed E-state index contributed by atoms with van der Waals surface area (Å²) >= 11 is 11.9. The smallest absolute Gasteiger partial charge is 0.159 e. The topological polar surface area (TPSA) is 20.2 Å². The second-order valence-corrected chi connectivity index (χ2v) is 4.89. The van der Waals surface area contributed by atoms with Crippen LogP contribution >= 0.6 is 23.2 Å². The van der Waals surface area contributed by atoms with Crippen molar-refractivity contribution in [2.75, 3.05) is 0 Å². The molecule has 0 bridgehead atoms. The van der Waals surface area contributed by atoms with Gasteiger partial charge in [0.25, 0.3) is 0 Å². The average molecular weight is 303 g/mol. The first-order chi connectivity index (χ1) is 8.99. The van der Waals surface area contributed by atoms with E-state index in [2.05, 4.69) is 0 Å². The Kier molecular flexibility index (Phi) is 4.40. The van der Waals surface area contributed by atoms with Crippen LogP contribution in [0.4, 0.5) is 8.78 Å². The van der Waals surface area contributed by atoms with Crippen LogP contribution in [0.15, 0.2) is 36.4 Å². The first kappa shape index (κ1) is 14.3. The molecule has 0 heterocycles. The van der Waals surface area contributed by atoms with Gasteiger partial charge in [0.15, 0.2) is 11.6 Å². The number of aliphatic hydroxyl groups is 1. The van der Waals surface area contributed by atoms with Crippen molar-refractivity contribution in [2.24, 2.45) is 0 Å². The number of benzene rings is 2. The Labute approximate surface area is 119 Å². The van der Waals surface area contributed by atoms with Crippen LogP contribution in [0.3, 0.4) is 0 Å². The fourth-order valence-corrected chi connectivity index (χ4v) is 2.15. The molecule has 0 saturated carbocycles. The van der Waals surface area contributed by atoms with Gasteiger partial charge in [0.2, 0.25) is 0 Å². The van der Waals surface area contributed by atoms with Crippen LogP contribution in [0, 0.1) is 11.6 Å². The summed E-state index contributed by atoms with van der Waals surface area (Å²) in [5.41, 5.74) is 0.932. The predicted molar refractivity (Wildman–Crippen MR) is 71.5 cm³/mol. The Morgan fingerprint density at radius 1 is 1.05 bits per heavy atom. The van der Waals surface area contributed by atoms with Crippen molar-refractivity contribution in [1.82, 2.24) is 0 Å². The van der Waals surface area contributed by atoms with E-state index in [0.717, 1.165) is 12.1 Å². The van der Waals surface area contributed by atoms with Crippen LogP contribution in [0.5, 0.6) is 0 Å². The van der Waals surface area contributed by atoms with E-state index in [1.165, 1.54) is 6.07 Å². The second kappa shape index (κ2) is 5.87. The molecule has 5 heteroatoms. The Morgan fingerprint density at radius 3 is 2.47 bits per heavy atom. The third kappa shape index (κ3) is 3.24. The van der Waals surface area contributed by atoms with E-state index in [4.69, 9.17) is 23.2 Å². The molecule has 2 aromatic carbocycles. The molecule has 2 aromatic rings. The zero-order chi connectivity index (χ0) is 14.0. The lowest BCUT2D eigenvalue weighted by Crippen LogP contribution is -2.03. The molecule has 0 aromatic heterocycles. The predicted octanol–water partition coefficient (Wildman–Crippen LogP) is 4.55. The van der Waals surface area contributed by atoms with Gasteiger partial charge in [-0.05, 0) is 29.3 Å². The molecule has 1 N–H and O–H groups in total. The van der Waals surface area contributed by atoms with Crippen molar-refractivity contribution in [3.8, 4) is 0 Å². The minimum atomic E-state index is -0.992. The van der Waals surface area contributed by atoms with E-state index in [-0.39, 0.29) is 12.0 Å². The zero-order valence-electron chi connectivity index (χ0n) is 9.71. The number of rotatable bonds is 3. The molecule has 0 fully saturated rings. The van der Waals surface area contributed by atoms with Crippen LogP contribution in [0.1, 0.15) is 17.2 Å². The molecule has 1 atom stereocenters. The molecule has 0 saturated heterocycles. The molecule has 2 rings (SSSR count). The summed E-state index contributed by atoms with van der Waals surface area (Å²) in [6.45, 7) is 0. The number of aliphatic hydroxyl groups excluding tert-OH is 1. The second-order valence-electron chi connectivity index (χ2n) is 4.11. The highest BCUT2D eigenvalue weighted by Crippen LogP contribution is 2.29. The van der Waals surface area contributed by atoms with Crippen molar-refractivity contribution in [2.45, 2.75) is 12.5 Å². The fourth-order valence-electron chi connectivity index (χ4n) is 1.75. The normalized spacial score (nSPS) is 12.5. The number of halogens is 4. The molecule has 0 aliphatic rings. The van der Waals surface area contributed by atoms with E-state index in [1.54, 1.807) is 18.2 Å². The van der Waals surface area contributed by atoms with Crippen molar-refractivity contribution in [3.63, 3.8) is 0 Å². The van der Waals surface area contributed by atoms with Crippen molar-refractivity contribution >= 4 is 23.2 Å². The minimum absolute atomic E-state index is 0.171. The van der Waals surface area contributed by atoms with Gasteiger partial charge in [-0.15, -0.1) is 0 Å². The first-order valence-corrected chi connectivity index (χ1v) is 6.30. The lowest BCUT2D eigenvalue weighted by Gasteiger charge is -2.13. The van der Waals surface area contributed by atoms with Crippen LogP contribution in [-0.2, 0) is 6.42 Å². The van der Waals surface area contributed by atoms with Gasteiger partial charge in [0, 0.05) is 6.42 Å². The molecule has 0 aliphatic heterocycles. The lowest BCUT2D eigenvalue weighted by atomic mass is 10.0. The SMILES string of the molecule is OC(Cc1cccc(Cl)c1Cl)c1ccc(F)c(F)c1. The fraction of sp³-hybridized carbons (Fsp3) is 0.143. The summed E-state index contributed by atoms with van der Waals surface area (Å²) < 4.78 is 25.9. The van der Waals surface area contributed by atoms with E-state index in [0.29, 0.717) is 15.6 Å². The van der Waals surface area contributed by atoms with Crippen LogP contribution in [0.2, 0.25) is 10.0 Å². The van der Waals surface area contributed by atoms with Crippen LogP contribution in [0.25, 0.3) is 0 Å². The molecule has 0 aliphatic carbocycles. The van der Waals surface area contributed by atoms with E-state index >= 15 is 0 Å². The number of hydrogen-bond donors (Lipinski definition) is 1. The van der Waals surface area contributed by atoms with Gasteiger partial charge >= 0.3 is 0 Å². The molecule has 0 amide bonds. The zero-order valence-corrected chi connectivity index (χ0v) is 11.2. The third-order valence-electron chi connectivity index (χ3n) is 2.77. The van der Waals surface area contributed by atoms with Crippen molar-refractivity contribution < 1.29 is 13.9 Å². The standard InChI is InChI=1S/C14H10Cl2F2O/c15-10-3-1-2-9(14(10)16)7-13(19)8-4-5-11(17)12(18)6-8/h1-6,13,19H,7H2. The minimum Gasteiger partial charge on any atom is -0.388 e. The highest BCUT2D eigenvalue weighted by atomic mass is 35.5. The van der Waals surface area contributed by atoms with Gasteiger partial charge in [-0.25, -0.2) is 8.78 Å². The summed E-state index contributed by atoms with van der Waals surface area (Å²) in [6.07, 6.45) is -0.809. The van der Waals surface area contributed by atoms with Gasteiger partial charge < -0.3 is 5.11 Å². The highest BCUT2D eigenvalue weighted by molar-refractivity contribution is 6.42. The molecule has 100 valence electrons. The van der Waals surface area contributed by atoms with E-state index in [9.17, 15) is 13.9 Å².